The molecule has 4 nitrogen and oxygen atoms in total. The third-order valence-corrected chi connectivity index (χ3v) is 3.87. The minimum absolute atomic E-state index is 0.183. The van der Waals surface area contributed by atoms with E-state index >= 15 is 0 Å². The van der Waals surface area contributed by atoms with Gasteiger partial charge in [-0.25, -0.2) is 0 Å². The molecule has 0 atom stereocenters. The molecule has 2 N–H and O–H groups in total. The van der Waals surface area contributed by atoms with Crippen molar-refractivity contribution >= 4 is 23.3 Å². The van der Waals surface area contributed by atoms with Gasteiger partial charge in [0.25, 0.3) is 0 Å². The molecule has 19 heavy (non-hydrogen) atoms. The van der Waals surface area contributed by atoms with Crippen molar-refractivity contribution < 1.29 is 9.90 Å². The van der Waals surface area contributed by atoms with Gasteiger partial charge in [-0.05, 0) is 37.8 Å². The summed E-state index contributed by atoms with van der Waals surface area (Å²) < 4.78 is 0. The van der Waals surface area contributed by atoms with E-state index in [2.05, 4.69) is 11.4 Å². The predicted molar refractivity (Wildman–Crippen MR) is 73.2 cm³/mol. The molecule has 1 aromatic rings. The number of rotatable bonds is 3. The Hall–Kier alpha value is -1.73. The van der Waals surface area contributed by atoms with Gasteiger partial charge >= 0.3 is 5.97 Å². The normalized spacial score (nSPS) is 22.5. The molecule has 0 radical (unpaired) electrons. The Morgan fingerprint density at radius 3 is 2.63 bits per heavy atom. The van der Waals surface area contributed by atoms with Gasteiger partial charge in [0, 0.05) is 6.04 Å². The standard InChI is InChI=1S/C14H15ClN2O2/c15-12-3-1-2-10(8-16)13(12)17-11-6-4-9(5-7-11)14(18)19/h1-3,9,11,17H,4-7H2,(H,18,19). The summed E-state index contributed by atoms with van der Waals surface area (Å²) in [7, 11) is 0. The SMILES string of the molecule is N#Cc1cccc(Cl)c1NC1CCC(C(=O)O)CC1. The Bertz CT molecular complexity index is 517. The third kappa shape index (κ3) is 3.18. The molecule has 0 heterocycles. The van der Waals surface area contributed by atoms with Crippen LogP contribution in [0.25, 0.3) is 0 Å². The zero-order valence-corrected chi connectivity index (χ0v) is 11.2. The summed E-state index contributed by atoms with van der Waals surface area (Å²) in [6.45, 7) is 0. The quantitative estimate of drug-likeness (QED) is 0.890. The average Bonchev–Trinajstić information content (AvgIpc) is 2.41. The molecule has 0 spiro atoms. The van der Waals surface area contributed by atoms with Gasteiger partial charge in [-0.1, -0.05) is 17.7 Å². The lowest BCUT2D eigenvalue weighted by molar-refractivity contribution is -0.142. The van der Waals surface area contributed by atoms with Crippen LogP contribution in [0.3, 0.4) is 0 Å². The van der Waals surface area contributed by atoms with Crippen LogP contribution in [0.2, 0.25) is 5.02 Å². The summed E-state index contributed by atoms with van der Waals surface area (Å²) in [5, 5.41) is 21.8. The number of nitriles is 1. The first-order valence-corrected chi connectivity index (χ1v) is 6.67. The first kappa shape index (κ1) is 13.7. The smallest absolute Gasteiger partial charge is 0.306 e. The Morgan fingerprint density at radius 1 is 1.37 bits per heavy atom. The van der Waals surface area contributed by atoms with Crippen LogP contribution in [0.15, 0.2) is 18.2 Å². The maximum absolute atomic E-state index is 10.9. The number of carbonyl (C=O) groups is 1. The number of halogens is 1. The van der Waals surface area contributed by atoms with E-state index in [-0.39, 0.29) is 12.0 Å². The molecule has 1 aliphatic rings. The van der Waals surface area contributed by atoms with Gasteiger partial charge in [-0.2, -0.15) is 5.26 Å². The molecular formula is C14H15ClN2O2. The highest BCUT2D eigenvalue weighted by Crippen LogP contribution is 2.31. The molecule has 0 unspecified atom stereocenters. The minimum atomic E-state index is -0.714. The first-order chi connectivity index (χ1) is 9.11. The molecule has 1 fully saturated rings. The first-order valence-electron chi connectivity index (χ1n) is 6.29. The maximum atomic E-state index is 10.9. The fraction of sp³-hybridized carbons (Fsp3) is 0.429. The van der Waals surface area contributed by atoms with Gasteiger partial charge in [0.1, 0.15) is 6.07 Å². The van der Waals surface area contributed by atoms with E-state index in [9.17, 15) is 4.79 Å². The van der Waals surface area contributed by atoms with Crippen LogP contribution in [-0.4, -0.2) is 17.1 Å². The summed E-state index contributed by atoms with van der Waals surface area (Å²) >= 11 is 6.10. The summed E-state index contributed by atoms with van der Waals surface area (Å²) in [5.74, 6) is -0.950. The van der Waals surface area contributed by atoms with E-state index in [0.717, 1.165) is 12.8 Å². The van der Waals surface area contributed by atoms with Crippen LogP contribution in [0.5, 0.6) is 0 Å². The van der Waals surface area contributed by atoms with E-state index in [1.165, 1.54) is 0 Å². The monoisotopic (exact) mass is 278 g/mol. The molecule has 100 valence electrons. The zero-order chi connectivity index (χ0) is 13.8. The Labute approximate surface area is 117 Å². The number of aliphatic carboxylic acids is 1. The number of para-hydroxylation sites is 1. The Morgan fingerprint density at radius 2 is 2.05 bits per heavy atom. The second-order valence-corrected chi connectivity index (χ2v) is 5.21. The number of hydrogen-bond donors (Lipinski definition) is 2. The molecule has 0 saturated heterocycles. The molecule has 1 saturated carbocycles. The highest BCUT2D eigenvalue weighted by molar-refractivity contribution is 6.33. The lowest BCUT2D eigenvalue weighted by Crippen LogP contribution is -2.29. The third-order valence-electron chi connectivity index (χ3n) is 3.56. The molecule has 0 aromatic heterocycles. The molecule has 2 rings (SSSR count). The van der Waals surface area contributed by atoms with Gasteiger partial charge < -0.3 is 10.4 Å². The van der Waals surface area contributed by atoms with Gasteiger partial charge in [-0.15, -0.1) is 0 Å². The number of anilines is 1. The van der Waals surface area contributed by atoms with E-state index in [4.69, 9.17) is 22.0 Å². The number of hydrogen-bond acceptors (Lipinski definition) is 3. The van der Waals surface area contributed by atoms with Gasteiger partial charge in [-0.3, -0.25) is 4.79 Å². The van der Waals surface area contributed by atoms with Crippen molar-refractivity contribution in [2.75, 3.05) is 5.32 Å². The van der Waals surface area contributed by atoms with Crippen LogP contribution in [0.4, 0.5) is 5.69 Å². The van der Waals surface area contributed by atoms with Crippen molar-refractivity contribution in [2.45, 2.75) is 31.7 Å². The highest BCUT2D eigenvalue weighted by atomic mass is 35.5. The van der Waals surface area contributed by atoms with Crippen LogP contribution < -0.4 is 5.32 Å². The van der Waals surface area contributed by atoms with Gasteiger partial charge in [0.15, 0.2) is 0 Å². The summed E-state index contributed by atoms with van der Waals surface area (Å²) in [6, 6.07) is 7.50. The molecule has 1 aromatic carbocycles. The summed E-state index contributed by atoms with van der Waals surface area (Å²) in [5.41, 5.74) is 1.18. The molecule has 1 aliphatic carbocycles. The van der Waals surface area contributed by atoms with Crippen molar-refractivity contribution in [1.29, 1.82) is 5.26 Å². The Balaban J connectivity index is 2.04. The predicted octanol–water partition coefficient (Wildman–Crippen LogP) is 3.27. The van der Waals surface area contributed by atoms with E-state index in [1.807, 2.05) is 0 Å². The van der Waals surface area contributed by atoms with Gasteiger partial charge in [0.05, 0.1) is 22.2 Å². The van der Waals surface area contributed by atoms with Crippen LogP contribution in [-0.2, 0) is 4.79 Å². The number of benzene rings is 1. The summed E-state index contributed by atoms with van der Waals surface area (Å²) in [6.07, 6.45) is 2.90. The molecular weight excluding hydrogens is 264 g/mol. The fourth-order valence-electron chi connectivity index (χ4n) is 2.45. The van der Waals surface area contributed by atoms with Crippen LogP contribution in [0.1, 0.15) is 31.2 Å². The van der Waals surface area contributed by atoms with Crippen LogP contribution in [0, 0.1) is 17.2 Å². The second kappa shape index (κ2) is 5.94. The fourth-order valence-corrected chi connectivity index (χ4v) is 2.68. The molecule has 5 heteroatoms. The minimum Gasteiger partial charge on any atom is -0.481 e. The van der Waals surface area contributed by atoms with Crippen molar-refractivity contribution in [1.82, 2.24) is 0 Å². The van der Waals surface area contributed by atoms with Crippen molar-refractivity contribution in [3.8, 4) is 6.07 Å². The van der Waals surface area contributed by atoms with Crippen molar-refractivity contribution in [3.63, 3.8) is 0 Å². The van der Waals surface area contributed by atoms with Crippen molar-refractivity contribution in [3.05, 3.63) is 28.8 Å². The topological polar surface area (TPSA) is 73.1 Å². The molecule has 0 bridgehead atoms. The number of nitrogens with zero attached hydrogens (tertiary/aromatic N) is 1. The number of nitrogens with one attached hydrogen (secondary N) is 1. The zero-order valence-electron chi connectivity index (χ0n) is 10.4. The second-order valence-electron chi connectivity index (χ2n) is 4.81. The lowest BCUT2D eigenvalue weighted by atomic mass is 9.86. The highest BCUT2D eigenvalue weighted by Gasteiger charge is 2.26. The average molecular weight is 279 g/mol. The number of carboxylic acids is 1. The largest absolute Gasteiger partial charge is 0.481 e. The van der Waals surface area contributed by atoms with Crippen LogP contribution >= 0.6 is 11.6 Å². The maximum Gasteiger partial charge on any atom is 0.306 e. The number of carboxylic acid groups (broad SMARTS) is 1. The lowest BCUT2D eigenvalue weighted by Gasteiger charge is -2.28. The van der Waals surface area contributed by atoms with E-state index in [0.29, 0.717) is 29.1 Å². The van der Waals surface area contributed by atoms with E-state index < -0.39 is 5.97 Å². The molecule has 0 amide bonds. The molecule has 0 aliphatic heterocycles. The van der Waals surface area contributed by atoms with Gasteiger partial charge in [0.2, 0.25) is 0 Å². The van der Waals surface area contributed by atoms with Crippen molar-refractivity contribution in [2.24, 2.45) is 5.92 Å². The van der Waals surface area contributed by atoms with E-state index in [1.54, 1.807) is 18.2 Å². The summed E-state index contributed by atoms with van der Waals surface area (Å²) in [4.78, 5) is 10.9. The Kier molecular flexibility index (Phi) is 4.28.